The van der Waals surface area contributed by atoms with Crippen molar-refractivity contribution in [2.24, 2.45) is 5.92 Å². The molecule has 1 aromatic carbocycles. The summed E-state index contributed by atoms with van der Waals surface area (Å²) >= 11 is 0. The van der Waals surface area contributed by atoms with Gasteiger partial charge in [-0.05, 0) is 62.1 Å². The monoisotopic (exact) mass is 488 g/mol. The number of anilines is 2. The smallest absolute Gasteiger partial charge is 0.165 e. The Balaban J connectivity index is 1.23. The van der Waals surface area contributed by atoms with Crippen molar-refractivity contribution in [3.8, 4) is 11.1 Å². The van der Waals surface area contributed by atoms with Gasteiger partial charge in [-0.3, -0.25) is 0 Å². The molecule has 0 spiro atoms. The van der Waals surface area contributed by atoms with Crippen LogP contribution in [0.2, 0.25) is 0 Å². The number of nitrogens with zero attached hydrogens (tertiary/aromatic N) is 6. The second-order valence-electron chi connectivity index (χ2n) is 10.0. The molecule has 1 aliphatic carbocycles. The Morgan fingerprint density at radius 1 is 1.06 bits per heavy atom. The van der Waals surface area contributed by atoms with E-state index in [-0.39, 0.29) is 11.9 Å². The number of piperidine rings is 1. The SMILES string of the molecule is C[C@H]1CN(c2ccc(-c3cnn4ccc(N5CC[C@H]6C[C@]65c5cc(F)ccc5F)nc34)cn2)CCO1. The van der Waals surface area contributed by atoms with Crippen molar-refractivity contribution >= 4 is 17.3 Å². The van der Waals surface area contributed by atoms with Crippen LogP contribution in [0.25, 0.3) is 16.8 Å². The summed E-state index contributed by atoms with van der Waals surface area (Å²) in [6.07, 6.45) is 7.45. The van der Waals surface area contributed by atoms with Gasteiger partial charge in [0, 0.05) is 48.7 Å². The van der Waals surface area contributed by atoms with Crippen LogP contribution in [0.3, 0.4) is 0 Å². The number of rotatable bonds is 4. The van der Waals surface area contributed by atoms with Crippen molar-refractivity contribution in [1.82, 2.24) is 19.6 Å². The summed E-state index contributed by atoms with van der Waals surface area (Å²) in [5.74, 6) is 1.20. The van der Waals surface area contributed by atoms with Crippen LogP contribution in [-0.4, -0.2) is 51.9 Å². The third-order valence-corrected chi connectivity index (χ3v) is 7.91. The lowest BCUT2D eigenvalue weighted by atomic mass is 10.0. The second kappa shape index (κ2) is 7.96. The first-order valence-electron chi connectivity index (χ1n) is 12.4. The maximum absolute atomic E-state index is 14.8. The van der Waals surface area contributed by atoms with Crippen molar-refractivity contribution in [3.05, 3.63) is 72.2 Å². The van der Waals surface area contributed by atoms with Crippen molar-refractivity contribution in [1.29, 1.82) is 0 Å². The summed E-state index contributed by atoms with van der Waals surface area (Å²) in [5, 5.41) is 4.49. The maximum Gasteiger partial charge on any atom is 0.165 e. The minimum Gasteiger partial charge on any atom is -0.375 e. The fraction of sp³-hybridized carbons (Fsp3) is 0.370. The van der Waals surface area contributed by atoms with Crippen molar-refractivity contribution in [3.63, 3.8) is 0 Å². The number of benzene rings is 1. The lowest BCUT2D eigenvalue weighted by Crippen LogP contribution is -2.41. The lowest BCUT2D eigenvalue weighted by Gasteiger charge is -2.32. The fourth-order valence-electron chi connectivity index (χ4n) is 6.07. The molecule has 184 valence electrons. The quantitative estimate of drug-likeness (QED) is 0.424. The van der Waals surface area contributed by atoms with Gasteiger partial charge in [-0.1, -0.05) is 0 Å². The molecule has 3 atom stereocenters. The number of aromatic nitrogens is 4. The molecule has 0 radical (unpaired) electrons. The molecule has 3 fully saturated rings. The fourth-order valence-corrected chi connectivity index (χ4v) is 6.07. The zero-order valence-corrected chi connectivity index (χ0v) is 19.9. The number of fused-ring (bicyclic) bond motifs is 2. The van der Waals surface area contributed by atoms with E-state index in [0.717, 1.165) is 55.2 Å². The molecule has 2 saturated heterocycles. The highest BCUT2D eigenvalue weighted by Gasteiger charge is 2.64. The number of pyridine rings is 1. The zero-order chi connectivity index (χ0) is 24.4. The molecule has 0 bridgehead atoms. The van der Waals surface area contributed by atoms with E-state index in [1.807, 2.05) is 30.6 Å². The third-order valence-electron chi connectivity index (χ3n) is 7.91. The highest BCUT2D eigenvalue weighted by atomic mass is 19.1. The largest absolute Gasteiger partial charge is 0.375 e. The second-order valence-corrected chi connectivity index (χ2v) is 10.0. The molecule has 7 nitrogen and oxygen atoms in total. The molecule has 0 unspecified atom stereocenters. The summed E-state index contributed by atoms with van der Waals surface area (Å²) in [6, 6.07) is 9.73. The summed E-state index contributed by atoms with van der Waals surface area (Å²) in [7, 11) is 0. The van der Waals surface area contributed by atoms with Crippen molar-refractivity contribution < 1.29 is 13.5 Å². The van der Waals surface area contributed by atoms with Gasteiger partial charge in [0.05, 0.1) is 24.4 Å². The van der Waals surface area contributed by atoms with Crippen LogP contribution < -0.4 is 9.80 Å². The number of morpholine rings is 1. The third kappa shape index (κ3) is 3.29. The summed E-state index contributed by atoms with van der Waals surface area (Å²) in [4.78, 5) is 14.1. The molecule has 7 rings (SSSR count). The zero-order valence-electron chi connectivity index (χ0n) is 19.9. The number of ether oxygens (including phenoxy) is 1. The van der Waals surface area contributed by atoms with E-state index in [1.165, 1.54) is 18.2 Å². The molecule has 0 N–H and O–H groups in total. The Morgan fingerprint density at radius 2 is 1.97 bits per heavy atom. The molecule has 0 amide bonds. The van der Waals surface area contributed by atoms with Crippen LogP contribution in [0.1, 0.15) is 25.3 Å². The van der Waals surface area contributed by atoms with Crippen LogP contribution in [0.5, 0.6) is 0 Å². The Morgan fingerprint density at radius 3 is 2.78 bits per heavy atom. The minimum atomic E-state index is -0.532. The van der Waals surface area contributed by atoms with Crippen LogP contribution in [0.4, 0.5) is 20.4 Å². The van der Waals surface area contributed by atoms with Crippen LogP contribution >= 0.6 is 0 Å². The van der Waals surface area contributed by atoms with Gasteiger partial charge in [-0.25, -0.2) is 23.3 Å². The predicted molar refractivity (Wildman–Crippen MR) is 132 cm³/mol. The molecule has 3 aromatic heterocycles. The normalized spacial score (nSPS) is 25.4. The average molecular weight is 489 g/mol. The highest BCUT2D eigenvalue weighted by molar-refractivity contribution is 5.78. The summed E-state index contributed by atoms with van der Waals surface area (Å²) in [6.45, 7) is 5.16. The van der Waals surface area contributed by atoms with E-state index in [9.17, 15) is 8.78 Å². The highest BCUT2D eigenvalue weighted by Crippen LogP contribution is 2.63. The molecule has 9 heteroatoms. The molecule has 4 aromatic rings. The number of hydrogen-bond acceptors (Lipinski definition) is 6. The van der Waals surface area contributed by atoms with Crippen molar-refractivity contribution in [2.45, 2.75) is 31.4 Å². The Hall–Kier alpha value is -3.59. The Labute approximate surface area is 207 Å². The van der Waals surface area contributed by atoms with Gasteiger partial charge in [0.25, 0.3) is 0 Å². The lowest BCUT2D eigenvalue weighted by molar-refractivity contribution is 0.0529. The maximum atomic E-state index is 14.8. The first-order chi connectivity index (χ1) is 17.5. The Bertz CT molecular complexity index is 1460. The first-order valence-corrected chi connectivity index (χ1v) is 12.4. The number of hydrogen-bond donors (Lipinski definition) is 0. The Kier molecular flexibility index (Phi) is 4.79. The van der Waals surface area contributed by atoms with Gasteiger partial charge in [0.1, 0.15) is 23.3 Å². The van der Waals surface area contributed by atoms with E-state index >= 15 is 0 Å². The number of halogens is 2. The van der Waals surface area contributed by atoms with E-state index in [2.05, 4.69) is 21.8 Å². The van der Waals surface area contributed by atoms with Gasteiger partial charge >= 0.3 is 0 Å². The van der Waals surface area contributed by atoms with Gasteiger partial charge < -0.3 is 14.5 Å². The van der Waals surface area contributed by atoms with Gasteiger partial charge in [-0.15, -0.1) is 0 Å². The van der Waals surface area contributed by atoms with E-state index in [4.69, 9.17) is 14.7 Å². The molecule has 1 saturated carbocycles. The molecular formula is C27H26F2N6O. The van der Waals surface area contributed by atoms with E-state index in [1.54, 1.807) is 10.7 Å². The molecule has 2 aliphatic heterocycles. The van der Waals surface area contributed by atoms with Crippen LogP contribution in [0.15, 0.2) is 55.0 Å². The van der Waals surface area contributed by atoms with Gasteiger partial charge in [0.15, 0.2) is 5.65 Å². The average Bonchev–Trinajstić information content (AvgIpc) is 3.27. The van der Waals surface area contributed by atoms with E-state index in [0.29, 0.717) is 23.7 Å². The van der Waals surface area contributed by atoms with Gasteiger partial charge in [-0.2, -0.15) is 5.10 Å². The molecule has 5 heterocycles. The summed E-state index contributed by atoms with van der Waals surface area (Å²) < 4.78 is 36.3. The predicted octanol–water partition coefficient (Wildman–Crippen LogP) is 4.42. The first kappa shape index (κ1) is 21.7. The van der Waals surface area contributed by atoms with Crippen LogP contribution in [0, 0.1) is 17.6 Å². The summed E-state index contributed by atoms with van der Waals surface area (Å²) in [5.41, 5.74) is 2.41. The standard InChI is InChI=1S/C27H26F2N6O/c1-17-16-33(10-11-36-17)24-5-2-18(14-30-24)21-15-31-35-9-7-25(32-26(21)35)34-8-6-19-13-27(19,34)22-12-20(28)3-4-23(22)29/h2-5,7,9,12,14-15,17,19H,6,8,10-11,13,16H2,1H3/t17-,19-,27+/m0/s1. The van der Waals surface area contributed by atoms with Crippen LogP contribution in [-0.2, 0) is 10.3 Å². The minimum absolute atomic E-state index is 0.184. The molecule has 36 heavy (non-hydrogen) atoms. The van der Waals surface area contributed by atoms with E-state index < -0.39 is 11.4 Å². The molecular weight excluding hydrogens is 462 g/mol. The topological polar surface area (TPSA) is 58.8 Å². The molecule has 3 aliphatic rings. The van der Waals surface area contributed by atoms with Crippen molar-refractivity contribution in [2.75, 3.05) is 36.0 Å². The van der Waals surface area contributed by atoms with Gasteiger partial charge in [0.2, 0.25) is 0 Å².